The van der Waals surface area contributed by atoms with Crippen molar-refractivity contribution >= 4 is 5.97 Å². The number of rotatable bonds is 6. The molecule has 0 aliphatic carbocycles. The van der Waals surface area contributed by atoms with Crippen LogP contribution in [0.5, 0.6) is 11.5 Å². The van der Waals surface area contributed by atoms with E-state index < -0.39 is 43.1 Å². The molecule has 2 aromatic carbocycles. The summed E-state index contributed by atoms with van der Waals surface area (Å²) in [5.41, 5.74) is 1.79. The monoisotopic (exact) mass is 420 g/mol. The van der Waals surface area contributed by atoms with Crippen LogP contribution in [0.15, 0.2) is 36.4 Å². The smallest absolute Gasteiger partial charge is 0.335 e. The summed E-state index contributed by atoms with van der Waals surface area (Å²) in [5, 5.41) is 49.1. The Kier molecular flexibility index (Phi) is 6.59. The largest absolute Gasteiger partial charge is 0.496 e. The summed E-state index contributed by atoms with van der Waals surface area (Å²) in [4.78, 5) is 11.1. The van der Waals surface area contributed by atoms with E-state index in [1.54, 1.807) is 24.3 Å². The number of aliphatic hydroxyl groups is 4. The lowest BCUT2D eigenvalue weighted by atomic mass is 9.89. The Hall–Kier alpha value is -2.69. The molecule has 0 radical (unpaired) electrons. The van der Waals surface area contributed by atoms with Gasteiger partial charge in [-0.25, -0.2) is 4.79 Å². The number of methoxy groups -OCH3 is 2. The highest BCUT2D eigenvalue weighted by Crippen LogP contribution is 2.43. The third-order valence-corrected chi connectivity index (χ3v) is 5.19. The molecule has 1 saturated heterocycles. The van der Waals surface area contributed by atoms with Gasteiger partial charge in [0.25, 0.3) is 0 Å². The minimum absolute atomic E-state index is 0.141. The van der Waals surface area contributed by atoms with E-state index in [1.165, 1.54) is 26.4 Å². The fourth-order valence-electron chi connectivity index (χ4n) is 3.52. The van der Waals surface area contributed by atoms with Crippen LogP contribution in [0, 0.1) is 0 Å². The summed E-state index contributed by atoms with van der Waals surface area (Å²) in [6, 6.07) is 9.42. The molecule has 162 valence electrons. The molecule has 9 heteroatoms. The molecule has 0 aromatic heterocycles. The van der Waals surface area contributed by atoms with E-state index in [0.29, 0.717) is 28.2 Å². The Labute approximate surface area is 172 Å². The number of benzene rings is 2. The van der Waals surface area contributed by atoms with E-state index in [0.717, 1.165) is 0 Å². The van der Waals surface area contributed by atoms with Gasteiger partial charge in [0.2, 0.25) is 0 Å². The Morgan fingerprint density at radius 2 is 1.60 bits per heavy atom. The summed E-state index contributed by atoms with van der Waals surface area (Å²) >= 11 is 0. The number of aliphatic hydroxyl groups excluding tert-OH is 4. The third kappa shape index (κ3) is 3.98. The molecule has 1 aliphatic heterocycles. The molecule has 3 rings (SSSR count). The number of carboxylic acid groups (broad SMARTS) is 1. The maximum atomic E-state index is 11.1. The van der Waals surface area contributed by atoms with Gasteiger partial charge in [0.1, 0.15) is 42.0 Å². The third-order valence-electron chi connectivity index (χ3n) is 5.19. The average molecular weight is 420 g/mol. The lowest BCUT2D eigenvalue weighted by Gasteiger charge is -2.40. The SMILES string of the molecule is COc1cc([C@@H]2O[C@H](CO)[C@H](O)[C@H](O)[C@H]2O)c(OC)cc1-c1ccc(C(=O)O)cc1. The van der Waals surface area contributed by atoms with Crippen LogP contribution >= 0.6 is 0 Å². The maximum absolute atomic E-state index is 11.1. The van der Waals surface area contributed by atoms with Crippen LogP contribution in [0.4, 0.5) is 0 Å². The second-order valence-corrected chi connectivity index (χ2v) is 6.93. The van der Waals surface area contributed by atoms with Crippen molar-refractivity contribution in [1.82, 2.24) is 0 Å². The minimum atomic E-state index is -1.53. The van der Waals surface area contributed by atoms with Crippen molar-refractivity contribution < 1.29 is 44.5 Å². The van der Waals surface area contributed by atoms with Crippen LogP contribution in [0.1, 0.15) is 22.0 Å². The second kappa shape index (κ2) is 8.99. The van der Waals surface area contributed by atoms with Gasteiger partial charge in [0.05, 0.1) is 26.4 Å². The number of hydrogen-bond acceptors (Lipinski definition) is 8. The molecular formula is C21H24O9. The number of ether oxygens (including phenoxy) is 3. The average Bonchev–Trinajstić information content (AvgIpc) is 2.77. The highest BCUT2D eigenvalue weighted by molar-refractivity contribution is 5.88. The van der Waals surface area contributed by atoms with E-state index in [-0.39, 0.29) is 5.56 Å². The lowest BCUT2D eigenvalue weighted by Crippen LogP contribution is -2.55. The highest BCUT2D eigenvalue weighted by atomic mass is 16.5. The first-order valence-electron chi connectivity index (χ1n) is 9.22. The molecule has 1 aliphatic rings. The van der Waals surface area contributed by atoms with Gasteiger partial charge in [-0.15, -0.1) is 0 Å². The molecular weight excluding hydrogens is 396 g/mol. The van der Waals surface area contributed by atoms with Gasteiger partial charge in [-0.1, -0.05) is 12.1 Å². The normalized spacial score (nSPS) is 26.3. The highest BCUT2D eigenvalue weighted by Gasteiger charge is 2.45. The van der Waals surface area contributed by atoms with E-state index in [4.69, 9.17) is 19.3 Å². The van der Waals surface area contributed by atoms with Crippen LogP contribution < -0.4 is 9.47 Å². The van der Waals surface area contributed by atoms with Crippen LogP contribution in [-0.2, 0) is 4.74 Å². The van der Waals surface area contributed by atoms with Crippen LogP contribution in [0.25, 0.3) is 11.1 Å². The number of carbonyl (C=O) groups is 1. The number of carboxylic acids is 1. The minimum Gasteiger partial charge on any atom is -0.496 e. The number of hydrogen-bond donors (Lipinski definition) is 5. The lowest BCUT2D eigenvalue weighted by molar-refractivity contribution is -0.232. The molecule has 0 spiro atoms. The van der Waals surface area contributed by atoms with Crippen LogP contribution in [0.2, 0.25) is 0 Å². The number of aromatic carboxylic acids is 1. The maximum Gasteiger partial charge on any atom is 0.335 e. The van der Waals surface area contributed by atoms with E-state index >= 15 is 0 Å². The predicted octanol–water partition coefficient (Wildman–Crippen LogP) is 0.584. The first kappa shape index (κ1) is 22.0. The van der Waals surface area contributed by atoms with Gasteiger partial charge >= 0.3 is 5.97 Å². The Balaban J connectivity index is 2.06. The van der Waals surface area contributed by atoms with Gasteiger partial charge in [-0.05, 0) is 29.8 Å². The summed E-state index contributed by atoms with van der Waals surface area (Å²) in [6.45, 7) is -0.547. The molecule has 5 atom stereocenters. The van der Waals surface area contributed by atoms with Crippen molar-refractivity contribution in [1.29, 1.82) is 0 Å². The molecule has 0 unspecified atom stereocenters. The fraction of sp³-hybridized carbons (Fsp3) is 0.381. The molecule has 2 aromatic rings. The molecule has 9 nitrogen and oxygen atoms in total. The Morgan fingerprint density at radius 3 is 2.13 bits per heavy atom. The molecule has 1 heterocycles. The summed E-state index contributed by atoms with van der Waals surface area (Å²) in [7, 11) is 2.88. The Bertz CT molecular complexity index is 894. The molecule has 0 amide bonds. The van der Waals surface area contributed by atoms with Crippen molar-refractivity contribution in [3.05, 3.63) is 47.5 Å². The van der Waals surface area contributed by atoms with Gasteiger partial charge < -0.3 is 39.7 Å². The fourth-order valence-corrected chi connectivity index (χ4v) is 3.52. The van der Waals surface area contributed by atoms with E-state index in [1.807, 2.05) is 0 Å². The topological polar surface area (TPSA) is 146 Å². The van der Waals surface area contributed by atoms with Crippen LogP contribution in [-0.4, -0.2) is 76.7 Å². The Morgan fingerprint density at radius 1 is 0.967 bits per heavy atom. The molecule has 0 saturated carbocycles. The zero-order chi connectivity index (χ0) is 22.0. The van der Waals surface area contributed by atoms with Crippen molar-refractivity contribution in [2.75, 3.05) is 20.8 Å². The van der Waals surface area contributed by atoms with Crippen molar-refractivity contribution in [2.45, 2.75) is 30.5 Å². The summed E-state index contributed by atoms with van der Waals surface area (Å²) in [5.74, 6) is -0.327. The molecule has 30 heavy (non-hydrogen) atoms. The summed E-state index contributed by atoms with van der Waals surface area (Å²) < 4.78 is 16.6. The van der Waals surface area contributed by atoms with Crippen molar-refractivity contribution in [3.63, 3.8) is 0 Å². The van der Waals surface area contributed by atoms with Gasteiger partial charge in [-0.3, -0.25) is 0 Å². The summed E-state index contributed by atoms with van der Waals surface area (Å²) in [6.07, 6.45) is -6.62. The van der Waals surface area contributed by atoms with Crippen molar-refractivity contribution in [3.8, 4) is 22.6 Å². The predicted molar refractivity (Wildman–Crippen MR) is 105 cm³/mol. The second-order valence-electron chi connectivity index (χ2n) is 6.93. The zero-order valence-corrected chi connectivity index (χ0v) is 16.4. The standard InChI is InChI=1S/C21H24O9/c1-28-14-8-13(20-19(25)18(24)17(23)16(9-22)30-20)15(29-2)7-12(14)10-3-5-11(6-4-10)21(26)27/h3-8,16-20,22-25H,9H2,1-2H3,(H,26,27)/t16-,17+,18+,19-,20+/m1/s1. The first-order chi connectivity index (χ1) is 14.3. The van der Waals surface area contributed by atoms with Crippen molar-refractivity contribution in [2.24, 2.45) is 0 Å². The van der Waals surface area contributed by atoms with E-state index in [9.17, 15) is 25.2 Å². The molecule has 0 bridgehead atoms. The van der Waals surface area contributed by atoms with Gasteiger partial charge in [0, 0.05) is 11.1 Å². The zero-order valence-electron chi connectivity index (χ0n) is 16.4. The first-order valence-corrected chi connectivity index (χ1v) is 9.22. The molecule has 5 N–H and O–H groups in total. The molecule has 1 fully saturated rings. The quantitative estimate of drug-likeness (QED) is 0.453. The van der Waals surface area contributed by atoms with Gasteiger partial charge in [-0.2, -0.15) is 0 Å². The van der Waals surface area contributed by atoms with E-state index in [2.05, 4.69) is 0 Å². The van der Waals surface area contributed by atoms with Gasteiger partial charge in [0.15, 0.2) is 0 Å². The van der Waals surface area contributed by atoms with Crippen LogP contribution in [0.3, 0.4) is 0 Å².